The summed E-state index contributed by atoms with van der Waals surface area (Å²) >= 11 is 0. The third-order valence-electron chi connectivity index (χ3n) is 8.35. The molecule has 2 aliphatic heterocycles. The van der Waals surface area contributed by atoms with E-state index >= 15 is 0 Å². The Balaban J connectivity index is 1.08. The molecule has 1 aliphatic carbocycles. The average molecular weight is 533 g/mol. The van der Waals surface area contributed by atoms with E-state index < -0.39 is 17.7 Å². The monoisotopic (exact) mass is 532 g/mol. The number of amides is 1. The summed E-state index contributed by atoms with van der Waals surface area (Å²) < 4.78 is 46.3. The van der Waals surface area contributed by atoms with Gasteiger partial charge in [-0.25, -0.2) is 9.97 Å². The second-order valence-corrected chi connectivity index (χ2v) is 11.0. The molecule has 0 radical (unpaired) electrons. The molecule has 1 saturated carbocycles. The van der Waals surface area contributed by atoms with E-state index in [1.165, 1.54) is 0 Å². The first-order valence-corrected chi connectivity index (χ1v) is 13.5. The lowest BCUT2D eigenvalue weighted by Crippen LogP contribution is -2.53. The molecule has 7 nitrogen and oxygen atoms in total. The highest BCUT2D eigenvalue weighted by molar-refractivity contribution is 5.94. The summed E-state index contributed by atoms with van der Waals surface area (Å²) in [5.41, 5.74) is 0.561. The van der Waals surface area contributed by atoms with E-state index in [2.05, 4.69) is 9.97 Å². The smallest absolute Gasteiger partial charge is 0.395 e. The summed E-state index contributed by atoms with van der Waals surface area (Å²) in [5.74, 6) is 0.609. The second kappa shape index (κ2) is 11.2. The molecule has 3 heterocycles. The van der Waals surface area contributed by atoms with Crippen LogP contribution in [-0.4, -0.2) is 82.4 Å². The number of ether oxygens (including phenoxy) is 1. The van der Waals surface area contributed by atoms with Gasteiger partial charge in [0.25, 0.3) is 5.91 Å². The van der Waals surface area contributed by atoms with Crippen LogP contribution in [0.1, 0.15) is 55.3 Å². The summed E-state index contributed by atoms with van der Waals surface area (Å²) in [7, 11) is 0. The maximum atomic E-state index is 13.5. The number of rotatable bonds is 7. The minimum atomic E-state index is -4.12. The highest BCUT2D eigenvalue weighted by Gasteiger charge is 2.58. The number of piperidine rings is 2. The Hall–Kier alpha value is -2.72. The van der Waals surface area contributed by atoms with Crippen molar-refractivity contribution in [3.63, 3.8) is 0 Å². The third kappa shape index (κ3) is 5.96. The van der Waals surface area contributed by atoms with Gasteiger partial charge in [0.2, 0.25) is 5.88 Å². The van der Waals surface area contributed by atoms with E-state index in [-0.39, 0.29) is 31.2 Å². The SMILES string of the molecule is O=C(c1ccc(-c2cnc(OCC3CCN(CC4(C(F)(F)F)CCC4)CC3)cn2)cc1)N1CCCC(O)C1. The molecule has 206 valence electrons. The molecule has 0 bridgehead atoms. The van der Waals surface area contributed by atoms with Crippen molar-refractivity contribution in [3.05, 3.63) is 42.2 Å². The summed E-state index contributed by atoms with van der Waals surface area (Å²) in [4.78, 5) is 25.2. The number of hydrogen-bond acceptors (Lipinski definition) is 6. The summed E-state index contributed by atoms with van der Waals surface area (Å²) in [6.07, 6.45) is 2.93. The summed E-state index contributed by atoms with van der Waals surface area (Å²) in [5, 5.41) is 9.83. The topological polar surface area (TPSA) is 78.8 Å². The number of alkyl halides is 3. The van der Waals surface area contributed by atoms with Crippen LogP contribution in [0.5, 0.6) is 5.88 Å². The highest BCUT2D eigenvalue weighted by Crippen LogP contribution is 2.53. The number of carbonyl (C=O) groups excluding carboxylic acids is 1. The molecule has 1 amide bonds. The first kappa shape index (κ1) is 26.9. The van der Waals surface area contributed by atoms with Gasteiger partial charge in [-0.3, -0.25) is 4.79 Å². The zero-order valence-corrected chi connectivity index (χ0v) is 21.5. The van der Waals surface area contributed by atoms with E-state index in [9.17, 15) is 23.1 Å². The number of nitrogens with zero attached hydrogens (tertiary/aromatic N) is 4. The first-order chi connectivity index (χ1) is 18.2. The van der Waals surface area contributed by atoms with Crippen LogP contribution >= 0.6 is 0 Å². The van der Waals surface area contributed by atoms with Crippen molar-refractivity contribution in [2.75, 3.05) is 39.3 Å². The van der Waals surface area contributed by atoms with Gasteiger partial charge in [0.1, 0.15) is 0 Å². The zero-order chi connectivity index (χ0) is 26.8. The third-order valence-corrected chi connectivity index (χ3v) is 8.35. The molecule has 10 heteroatoms. The Labute approximate surface area is 221 Å². The quantitative estimate of drug-likeness (QED) is 0.563. The van der Waals surface area contributed by atoms with Gasteiger partial charge in [-0.2, -0.15) is 13.2 Å². The maximum Gasteiger partial charge on any atom is 0.395 e. The van der Waals surface area contributed by atoms with Crippen molar-refractivity contribution in [2.24, 2.45) is 11.3 Å². The predicted molar refractivity (Wildman–Crippen MR) is 136 cm³/mol. The molecular weight excluding hydrogens is 497 g/mol. The number of aliphatic hydroxyl groups is 1. The summed E-state index contributed by atoms with van der Waals surface area (Å²) in [6.45, 7) is 2.93. The number of halogens is 3. The predicted octanol–water partition coefficient (Wildman–Crippen LogP) is 4.56. The Morgan fingerprint density at radius 1 is 1.03 bits per heavy atom. The summed E-state index contributed by atoms with van der Waals surface area (Å²) in [6, 6.07) is 7.19. The number of carbonyl (C=O) groups is 1. The van der Waals surface area contributed by atoms with Crippen molar-refractivity contribution in [3.8, 4) is 17.1 Å². The fraction of sp³-hybridized carbons (Fsp3) is 0.607. The lowest BCUT2D eigenvalue weighted by atomic mass is 9.67. The van der Waals surface area contributed by atoms with Crippen molar-refractivity contribution >= 4 is 5.91 Å². The molecule has 3 fully saturated rings. The molecule has 1 N–H and O–H groups in total. The fourth-order valence-electron chi connectivity index (χ4n) is 5.72. The van der Waals surface area contributed by atoms with E-state index in [1.54, 1.807) is 29.4 Å². The number of aromatic nitrogens is 2. The van der Waals surface area contributed by atoms with Crippen LogP contribution < -0.4 is 4.74 Å². The molecule has 1 atom stereocenters. The van der Waals surface area contributed by atoms with Crippen LogP contribution in [0.3, 0.4) is 0 Å². The number of likely N-dealkylation sites (tertiary alicyclic amines) is 2. The van der Waals surface area contributed by atoms with Gasteiger partial charge in [-0.15, -0.1) is 0 Å². The first-order valence-electron chi connectivity index (χ1n) is 13.5. The fourth-order valence-corrected chi connectivity index (χ4v) is 5.72. The standard InChI is InChI=1S/C28H35F3N4O3/c29-28(30,31)27(10-2-11-27)19-34-13-8-20(9-14-34)18-38-25-16-32-24(15-33-25)21-4-6-22(7-5-21)26(37)35-12-1-3-23(36)17-35/h4-7,15-16,20,23,36H,1-3,8-14,17-19H2. The Kier molecular flexibility index (Phi) is 7.90. The molecular formula is C28H35F3N4O3. The number of hydrogen-bond donors (Lipinski definition) is 1. The zero-order valence-electron chi connectivity index (χ0n) is 21.5. The normalized spacial score (nSPS) is 22.6. The van der Waals surface area contributed by atoms with Gasteiger partial charge in [0.15, 0.2) is 0 Å². The molecule has 1 aromatic carbocycles. The van der Waals surface area contributed by atoms with Gasteiger partial charge < -0.3 is 19.6 Å². The highest BCUT2D eigenvalue weighted by atomic mass is 19.4. The van der Waals surface area contributed by atoms with Crippen LogP contribution in [0.25, 0.3) is 11.3 Å². The van der Waals surface area contributed by atoms with Crippen molar-refractivity contribution in [1.82, 2.24) is 19.8 Å². The van der Waals surface area contributed by atoms with Crippen molar-refractivity contribution in [1.29, 1.82) is 0 Å². The van der Waals surface area contributed by atoms with Gasteiger partial charge >= 0.3 is 6.18 Å². The molecule has 0 spiro atoms. The molecule has 2 saturated heterocycles. The minimum absolute atomic E-state index is 0.0844. The molecule has 1 aromatic heterocycles. The average Bonchev–Trinajstić information content (AvgIpc) is 2.89. The van der Waals surface area contributed by atoms with Crippen LogP contribution in [0.4, 0.5) is 13.2 Å². The van der Waals surface area contributed by atoms with E-state index in [1.807, 2.05) is 17.0 Å². The van der Waals surface area contributed by atoms with E-state index in [0.29, 0.717) is 56.3 Å². The van der Waals surface area contributed by atoms with Crippen molar-refractivity contribution in [2.45, 2.75) is 57.2 Å². The molecule has 5 rings (SSSR count). The largest absolute Gasteiger partial charge is 0.476 e. The molecule has 3 aliphatic rings. The van der Waals surface area contributed by atoms with Gasteiger partial charge in [0, 0.05) is 30.8 Å². The maximum absolute atomic E-state index is 13.5. The number of β-amino-alcohol motifs (C(OH)–C–C–N with tert-alkyl or cyclic N) is 1. The Morgan fingerprint density at radius 3 is 2.34 bits per heavy atom. The lowest BCUT2D eigenvalue weighted by molar-refractivity contribution is -0.256. The Morgan fingerprint density at radius 2 is 1.76 bits per heavy atom. The molecule has 1 unspecified atom stereocenters. The molecule has 2 aromatic rings. The van der Waals surface area contributed by atoms with Crippen LogP contribution in [0.15, 0.2) is 36.7 Å². The van der Waals surface area contributed by atoms with Gasteiger partial charge in [0.05, 0.1) is 36.2 Å². The van der Waals surface area contributed by atoms with Gasteiger partial charge in [-0.05, 0) is 69.7 Å². The van der Waals surface area contributed by atoms with Gasteiger partial charge in [-0.1, -0.05) is 18.6 Å². The van der Waals surface area contributed by atoms with Crippen LogP contribution in [-0.2, 0) is 0 Å². The number of aliphatic hydroxyl groups excluding tert-OH is 1. The van der Waals surface area contributed by atoms with Crippen LogP contribution in [0.2, 0.25) is 0 Å². The lowest BCUT2D eigenvalue weighted by Gasteiger charge is -2.47. The number of benzene rings is 1. The van der Waals surface area contributed by atoms with E-state index in [4.69, 9.17) is 4.74 Å². The van der Waals surface area contributed by atoms with Crippen molar-refractivity contribution < 1.29 is 27.8 Å². The second-order valence-electron chi connectivity index (χ2n) is 11.0. The van der Waals surface area contributed by atoms with E-state index in [0.717, 1.165) is 31.2 Å². The minimum Gasteiger partial charge on any atom is -0.476 e. The molecule has 38 heavy (non-hydrogen) atoms. The van der Waals surface area contributed by atoms with Crippen LogP contribution in [0, 0.1) is 11.3 Å². The Bertz CT molecular complexity index is 1080.